The van der Waals surface area contributed by atoms with Gasteiger partial charge in [-0.15, -0.1) is 0 Å². The minimum atomic E-state index is -0.515. The number of nitrogens with two attached hydrogens (primary N) is 3. The predicted octanol–water partition coefficient (Wildman–Crippen LogP) is 0.982. The van der Waals surface area contributed by atoms with E-state index in [1.54, 1.807) is 13.8 Å². The largest absolute Gasteiger partial charge is 0.341 e. The van der Waals surface area contributed by atoms with Gasteiger partial charge in [0, 0.05) is 76.5 Å². The van der Waals surface area contributed by atoms with Crippen molar-refractivity contribution in [3.05, 3.63) is 70.8 Å². The van der Waals surface area contributed by atoms with Gasteiger partial charge in [-0.2, -0.15) is 0 Å². The van der Waals surface area contributed by atoms with E-state index in [9.17, 15) is 28.8 Å². The molecule has 2 rings (SSSR count). The summed E-state index contributed by atoms with van der Waals surface area (Å²) < 4.78 is 0. The van der Waals surface area contributed by atoms with Crippen LogP contribution in [0.15, 0.2) is 48.5 Å². The molecule has 2 aromatic carbocycles. The van der Waals surface area contributed by atoms with Gasteiger partial charge in [0.1, 0.15) is 0 Å². The van der Waals surface area contributed by atoms with Gasteiger partial charge in [0.15, 0.2) is 0 Å². The summed E-state index contributed by atoms with van der Waals surface area (Å²) in [4.78, 5) is 76.1. The molecular formula is C45H79N15O6. The van der Waals surface area contributed by atoms with Crippen molar-refractivity contribution < 1.29 is 28.8 Å². The Labute approximate surface area is 390 Å². The lowest BCUT2D eigenvalue weighted by Crippen LogP contribution is -2.55. The predicted molar refractivity (Wildman–Crippen MR) is 259 cm³/mol. The molecule has 0 heterocycles. The first-order valence-electron chi connectivity index (χ1n) is 23.0. The van der Waals surface area contributed by atoms with Gasteiger partial charge >= 0.3 is 36.2 Å². The van der Waals surface area contributed by atoms with Crippen LogP contribution in [0.1, 0.15) is 74.6 Å². The fourth-order valence-corrected chi connectivity index (χ4v) is 6.62. The maximum absolute atomic E-state index is 13.2. The molecule has 0 aliphatic carbocycles. The maximum Gasteiger partial charge on any atom is 0.315 e. The number of carbonyl (C=O) groups excluding carboxylic acids is 6. The van der Waals surface area contributed by atoms with Crippen LogP contribution in [0.4, 0.5) is 28.8 Å². The SMILES string of the molecule is CNC(=O)NC[C@H](C)NC(=O)NC[C@H](CCCCN)NC(=O)NC[C@H](Cc1ccc(C)cc1)NC(=O)NC[C@H](C)NC(=O)NC[C@H](CCCCN)NC(=O)NC[C@@H](N)Cc1ccc(C)cc1. The van der Waals surface area contributed by atoms with E-state index in [0.717, 1.165) is 47.9 Å². The molecule has 0 aromatic heterocycles. The molecule has 0 fully saturated rings. The Morgan fingerprint density at radius 2 is 0.803 bits per heavy atom. The second-order valence-electron chi connectivity index (χ2n) is 16.8. The van der Waals surface area contributed by atoms with Gasteiger partial charge in [-0.05, 0) is 90.4 Å². The van der Waals surface area contributed by atoms with Crippen molar-refractivity contribution in [3.8, 4) is 0 Å². The van der Waals surface area contributed by atoms with Crippen LogP contribution in [0.5, 0.6) is 0 Å². The Morgan fingerprint density at radius 3 is 1.23 bits per heavy atom. The van der Waals surface area contributed by atoms with Crippen molar-refractivity contribution in [3.63, 3.8) is 0 Å². The van der Waals surface area contributed by atoms with Crippen molar-refractivity contribution in [1.29, 1.82) is 0 Å². The molecule has 0 spiro atoms. The van der Waals surface area contributed by atoms with E-state index < -0.39 is 42.2 Å². The molecule has 0 unspecified atom stereocenters. The van der Waals surface area contributed by atoms with E-state index in [-0.39, 0.29) is 69.5 Å². The molecule has 6 atom stereocenters. The Hall–Kier alpha value is -6.06. The zero-order chi connectivity index (χ0) is 48.7. The number of benzene rings is 2. The van der Waals surface area contributed by atoms with Crippen molar-refractivity contribution in [2.45, 2.75) is 115 Å². The first kappa shape index (κ1) is 56.1. The summed E-state index contributed by atoms with van der Waals surface area (Å²) in [5.41, 5.74) is 21.9. The highest BCUT2D eigenvalue weighted by Crippen LogP contribution is 2.08. The fraction of sp³-hybridized carbons (Fsp3) is 0.600. The number of nitrogens with one attached hydrogen (secondary N) is 12. The quantitative estimate of drug-likeness (QED) is 0.0517. The second kappa shape index (κ2) is 32.6. The minimum Gasteiger partial charge on any atom is -0.341 e. The Bertz CT molecular complexity index is 1740. The Balaban J connectivity index is 1.89. The van der Waals surface area contributed by atoms with E-state index in [1.165, 1.54) is 7.05 Å². The van der Waals surface area contributed by atoms with Crippen LogP contribution in [0.25, 0.3) is 0 Å². The standard InChI is InChI=1S/C45H79N15O6/c1-30-12-16-34(17-13-30)22-36(48)26-52-44(65)58-37(10-6-8-20-46)27-53-42(63)57-33(4)25-51-43(64)60-39(23-35-18-14-31(2)15-19-35)29-55-45(66)59-38(11-7-9-21-47)28-54-41(62)56-32(3)24-50-40(61)49-5/h12-19,32-33,36-39H,6-11,20-29,46-48H2,1-5H3,(H2,49,50,61)(H2,51,60,64)(H2,52,58,65)(H2,53,57,63)(H2,54,56,62)(H2,55,59,66)/t32-,33-,36-,37-,38-,39-/m0/s1. The van der Waals surface area contributed by atoms with Gasteiger partial charge in [0.05, 0.1) is 6.04 Å². The molecule has 2 aromatic rings. The summed E-state index contributed by atoms with van der Waals surface area (Å²) in [5, 5.41) is 33.5. The number of hydrogen-bond donors (Lipinski definition) is 15. The molecule has 12 amide bonds. The lowest BCUT2D eigenvalue weighted by Gasteiger charge is -2.24. The number of unbranched alkanes of at least 4 members (excludes halogenated alkanes) is 2. The summed E-state index contributed by atoms with van der Waals surface area (Å²) >= 11 is 0. The molecular weight excluding hydrogens is 847 g/mol. The van der Waals surface area contributed by atoms with Crippen LogP contribution < -0.4 is 81.0 Å². The third kappa shape index (κ3) is 26.7. The molecule has 0 radical (unpaired) electrons. The van der Waals surface area contributed by atoms with E-state index in [0.29, 0.717) is 38.8 Å². The highest BCUT2D eigenvalue weighted by Gasteiger charge is 2.20. The summed E-state index contributed by atoms with van der Waals surface area (Å²) in [6, 6.07) is 10.9. The van der Waals surface area contributed by atoms with Crippen LogP contribution in [-0.2, 0) is 12.8 Å². The lowest BCUT2D eigenvalue weighted by molar-refractivity contribution is 0.225. The molecule has 0 bridgehead atoms. The van der Waals surface area contributed by atoms with Crippen molar-refractivity contribution >= 4 is 36.2 Å². The zero-order valence-electron chi connectivity index (χ0n) is 39.6. The van der Waals surface area contributed by atoms with E-state index in [1.807, 2.05) is 62.4 Å². The third-order valence-electron chi connectivity index (χ3n) is 10.4. The molecule has 370 valence electrons. The number of aryl methyl sites for hydroxylation is 2. The van der Waals surface area contributed by atoms with Gasteiger partial charge < -0.3 is 81.0 Å². The Kier molecular flexibility index (Phi) is 27.7. The minimum absolute atomic E-state index is 0.0847. The zero-order valence-corrected chi connectivity index (χ0v) is 39.6. The fourth-order valence-electron chi connectivity index (χ4n) is 6.62. The summed E-state index contributed by atoms with van der Waals surface area (Å²) in [6.07, 6.45) is 5.18. The molecule has 21 nitrogen and oxygen atoms in total. The average Bonchev–Trinajstić information content (AvgIpc) is 3.28. The molecule has 21 heteroatoms. The summed E-state index contributed by atoms with van der Waals surface area (Å²) in [7, 11) is 1.50. The average molecular weight is 926 g/mol. The van der Waals surface area contributed by atoms with E-state index >= 15 is 0 Å². The summed E-state index contributed by atoms with van der Waals surface area (Å²) in [5.74, 6) is 0. The van der Waals surface area contributed by atoms with Gasteiger partial charge in [-0.3, -0.25) is 0 Å². The van der Waals surface area contributed by atoms with Gasteiger partial charge in [0.2, 0.25) is 0 Å². The number of carbonyl (C=O) groups is 6. The van der Waals surface area contributed by atoms with Crippen LogP contribution in [-0.4, -0.2) is 132 Å². The van der Waals surface area contributed by atoms with Crippen molar-refractivity contribution in [1.82, 2.24) is 63.8 Å². The van der Waals surface area contributed by atoms with Crippen molar-refractivity contribution in [2.24, 2.45) is 17.2 Å². The molecule has 0 aliphatic heterocycles. The lowest BCUT2D eigenvalue weighted by atomic mass is 10.0. The van der Waals surface area contributed by atoms with Crippen LogP contribution >= 0.6 is 0 Å². The first-order valence-corrected chi connectivity index (χ1v) is 23.0. The molecule has 18 N–H and O–H groups in total. The Morgan fingerprint density at radius 1 is 0.455 bits per heavy atom. The second-order valence-corrected chi connectivity index (χ2v) is 16.8. The monoisotopic (exact) mass is 926 g/mol. The first-order chi connectivity index (χ1) is 31.6. The molecule has 66 heavy (non-hydrogen) atoms. The van der Waals surface area contributed by atoms with Gasteiger partial charge in [-0.1, -0.05) is 72.5 Å². The smallest absolute Gasteiger partial charge is 0.315 e. The van der Waals surface area contributed by atoms with Crippen molar-refractivity contribution in [2.75, 3.05) is 59.4 Å². The maximum atomic E-state index is 13.2. The third-order valence-corrected chi connectivity index (χ3v) is 10.4. The van der Waals surface area contributed by atoms with E-state index in [2.05, 4.69) is 63.8 Å². The number of amides is 12. The van der Waals surface area contributed by atoms with Crippen LogP contribution in [0.2, 0.25) is 0 Å². The van der Waals surface area contributed by atoms with Crippen LogP contribution in [0, 0.1) is 13.8 Å². The number of hydrogen-bond acceptors (Lipinski definition) is 9. The number of rotatable bonds is 29. The van der Waals surface area contributed by atoms with E-state index in [4.69, 9.17) is 17.2 Å². The highest BCUT2D eigenvalue weighted by atomic mass is 16.2. The van der Waals surface area contributed by atoms with Gasteiger partial charge in [0.25, 0.3) is 0 Å². The normalized spacial score (nSPS) is 13.5. The topological polar surface area (TPSA) is 325 Å². The highest BCUT2D eigenvalue weighted by molar-refractivity contribution is 5.78. The molecule has 0 aliphatic rings. The summed E-state index contributed by atoms with van der Waals surface area (Å²) in [6.45, 7) is 9.49. The molecule has 0 saturated heterocycles. The molecule has 0 saturated carbocycles. The van der Waals surface area contributed by atoms with Crippen LogP contribution in [0.3, 0.4) is 0 Å². The van der Waals surface area contributed by atoms with Gasteiger partial charge in [-0.25, -0.2) is 28.8 Å². The number of urea groups is 6.